The van der Waals surface area contributed by atoms with Crippen LogP contribution in [0.1, 0.15) is 33.6 Å². The second kappa shape index (κ2) is 2.96. The first-order chi connectivity index (χ1) is 6.40. The lowest BCUT2D eigenvalue weighted by molar-refractivity contribution is -0.157. The molecule has 0 spiro atoms. The van der Waals surface area contributed by atoms with Crippen LogP contribution >= 0.6 is 0 Å². The van der Waals surface area contributed by atoms with Crippen molar-refractivity contribution in [2.45, 2.75) is 45.3 Å². The van der Waals surface area contributed by atoms with Crippen LogP contribution in [-0.2, 0) is 9.53 Å². The third-order valence-electron chi connectivity index (χ3n) is 3.24. The summed E-state index contributed by atoms with van der Waals surface area (Å²) in [5, 5.41) is 0. The summed E-state index contributed by atoms with van der Waals surface area (Å²) in [7, 11) is 0. The molecule has 4 atom stereocenters. The Hall–Kier alpha value is -0.570. The molecule has 0 saturated heterocycles. The smallest absolute Gasteiger partial charge is 0.310 e. The molecule has 0 bridgehead atoms. The summed E-state index contributed by atoms with van der Waals surface area (Å²) in [4.78, 5) is 11.7. The van der Waals surface area contributed by atoms with E-state index in [-0.39, 0.29) is 23.5 Å². The van der Waals surface area contributed by atoms with Crippen molar-refractivity contribution < 1.29 is 9.53 Å². The number of rotatable bonds is 1. The van der Waals surface area contributed by atoms with Crippen molar-refractivity contribution in [3.63, 3.8) is 0 Å². The van der Waals surface area contributed by atoms with Crippen LogP contribution in [0.3, 0.4) is 0 Å². The summed E-state index contributed by atoms with van der Waals surface area (Å²) >= 11 is 0. The van der Waals surface area contributed by atoms with Crippen LogP contribution in [0, 0.1) is 17.8 Å². The van der Waals surface area contributed by atoms with Gasteiger partial charge in [-0.1, -0.05) is 0 Å². The van der Waals surface area contributed by atoms with E-state index in [0.717, 1.165) is 12.8 Å². The van der Waals surface area contributed by atoms with Crippen molar-refractivity contribution in [3.05, 3.63) is 0 Å². The summed E-state index contributed by atoms with van der Waals surface area (Å²) in [6.45, 7) is 5.72. The van der Waals surface area contributed by atoms with Crippen LogP contribution in [0.15, 0.2) is 0 Å². The molecule has 0 radical (unpaired) electrons. The lowest BCUT2D eigenvalue weighted by Crippen LogP contribution is -2.28. The summed E-state index contributed by atoms with van der Waals surface area (Å²) in [5.74, 6) is 1.02. The van der Waals surface area contributed by atoms with Gasteiger partial charge < -0.3 is 10.5 Å². The summed E-state index contributed by atoms with van der Waals surface area (Å²) in [6, 6.07) is 0.234. The van der Waals surface area contributed by atoms with Crippen molar-refractivity contribution in [2.24, 2.45) is 23.5 Å². The fourth-order valence-corrected chi connectivity index (χ4v) is 2.64. The molecule has 2 N–H and O–H groups in total. The Morgan fingerprint density at radius 2 is 2.00 bits per heavy atom. The summed E-state index contributed by atoms with van der Waals surface area (Å²) in [5.41, 5.74) is 5.54. The number of fused-ring (bicyclic) bond motifs is 1. The molecular formula is C11H19NO2. The van der Waals surface area contributed by atoms with Gasteiger partial charge in [0.2, 0.25) is 0 Å². The average molecular weight is 197 g/mol. The zero-order chi connectivity index (χ0) is 10.5. The van der Waals surface area contributed by atoms with E-state index in [0.29, 0.717) is 11.8 Å². The molecule has 4 unspecified atom stereocenters. The second-order valence-electron chi connectivity index (χ2n) is 5.54. The Balaban J connectivity index is 1.91. The monoisotopic (exact) mass is 197 g/mol. The lowest BCUT2D eigenvalue weighted by Gasteiger charge is -2.20. The molecule has 80 valence electrons. The van der Waals surface area contributed by atoms with Gasteiger partial charge in [0.25, 0.3) is 0 Å². The molecule has 0 heterocycles. The fraction of sp³-hybridized carbons (Fsp3) is 0.909. The Labute approximate surface area is 85.0 Å². The minimum absolute atomic E-state index is 0.0392. The van der Waals surface area contributed by atoms with E-state index >= 15 is 0 Å². The molecule has 2 saturated carbocycles. The van der Waals surface area contributed by atoms with Crippen LogP contribution in [-0.4, -0.2) is 17.6 Å². The lowest BCUT2D eigenvalue weighted by atomic mass is 10.1. The van der Waals surface area contributed by atoms with Gasteiger partial charge in [-0.05, 0) is 45.4 Å². The maximum absolute atomic E-state index is 11.7. The maximum Gasteiger partial charge on any atom is 0.310 e. The SMILES string of the molecule is CC(C)(C)OC(=O)C1C2CCC(N)C21. The van der Waals surface area contributed by atoms with Gasteiger partial charge in [-0.25, -0.2) is 0 Å². The van der Waals surface area contributed by atoms with Crippen LogP contribution < -0.4 is 5.73 Å². The second-order valence-corrected chi connectivity index (χ2v) is 5.54. The van der Waals surface area contributed by atoms with Crippen LogP contribution in [0.4, 0.5) is 0 Å². The Morgan fingerprint density at radius 1 is 1.36 bits per heavy atom. The first kappa shape index (κ1) is 9.97. The van der Waals surface area contributed by atoms with E-state index in [1.807, 2.05) is 20.8 Å². The van der Waals surface area contributed by atoms with Crippen molar-refractivity contribution in [3.8, 4) is 0 Å². The first-order valence-corrected chi connectivity index (χ1v) is 5.38. The Kier molecular flexibility index (Phi) is 2.11. The number of ether oxygens (including phenoxy) is 1. The zero-order valence-corrected chi connectivity index (χ0v) is 9.12. The number of hydrogen-bond acceptors (Lipinski definition) is 3. The molecular weight excluding hydrogens is 178 g/mol. The van der Waals surface area contributed by atoms with Crippen molar-refractivity contribution >= 4 is 5.97 Å². The average Bonchev–Trinajstić information content (AvgIpc) is 2.61. The quantitative estimate of drug-likeness (QED) is 0.645. The summed E-state index contributed by atoms with van der Waals surface area (Å²) < 4.78 is 5.35. The van der Waals surface area contributed by atoms with Gasteiger partial charge in [-0.15, -0.1) is 0 Å². The third-order valence-corrected chi connectivity index (χ3v) is 3.24. The van der Waals surface area contributed by atoms with Crippen molar-refractivity contribution in [1.82, 2.24) is 0 Å². The topological polar surface area (TPSA) is 52.3 Å². The molecule has 14 heavy (non-hydrogen) atoms. The van der Waals surface area contributed by atoms with Gasteiger partial charge in [0.05, 0.1) is 5.92 Å². The highest BCUT2D eigenvalue weighted by molar-refractivity contribution is 5.77. The molecule has 2 fully saturated rings. The molecule has 0 aromatic heterocycles. The molecule has 3 heteroatoms. The normalized spacial score (nSPS) is 40.6. The minimum atomic E-state index is -0.363. The molecule has 0 aliphatic heterocycles. The number of esters is 1. The first-order valence-electron chi connectivity index (χ1n) is 5.38. The standard InChI is InChI=1S/C11H19NO2/c1-11(2,3)14-10(13)9-6-4-5-7(12)8(6)9/h6-9H,4-5,12H2,1-3H3. The van der Waals surface area contributed by atoms with Gasteiger partial charge >= 0.3 is 5.97 Å². The van der Waals surface area contributed by atoms with Crippen molar-refractivity contribution in [2.75, 3.05) is 0 Å². The van der Waals surface area contributed by atoms with E-state index in [2.05, 4.69) is 0 Å². The molecule has 2 aliphatic carbocycles. The maximum atomic E-state index is 11.7. The van der Waals surface area contributed by atoms with E-state index in [4.69, 9.17) is 10.5 Å². The largest absolute Gasteiger partial charge is 0.460 e. The van der Waals surface area contributed by atoms with Crippen LogP contribution in [0.2, 0.25) is 0 Å². The van der Waals surface area contributed by atoms with Gasteiger partial charge in [-0.3, -0.25) is 4.79 Å². The third kappa shape index (κ3) is 1.65. The highest BCUT2D eigenvalue weighted by atomic mass is 16.6. The number of nitrogens with two attached hydrogens (primary N) is 1. The van der Waals surface area contributed by atoms with E-state index in [1.54, 1.807) is 0 Å². The van der Waals surface area contributed by atoms with E-state index < -0.39 is 0 Å². The predicted molar refractivity (Wildman–Crippen MR) is 53.5 cm³/mol. The van der Waals surface area contributed by atoms with Gasteiger partial charge in [0, 0.05) is 6.04 Å². The minimum Gasteiger partial charge on any atom is -0.460 e. The predicted octanol–water partition coefficient (Wildman–Crippen LogP) is 1.31. The molecule has 0 aromatic carbocycles. The van der Waals surface area contributed by atoms with Gasteiger partial charge in [0.1, 0.15) is 5.60 Å². The van der Waals surface area contributed by atoms with Crippen LogP contribution in [0.25, 0.3) is 0 Å². The van der Waals surface area contributed by atoms with E-state index in [1.165, 1.54) is 0 Å². The number of carbonyl (C=O) groups is 1. The molecule has 2 aliphatic rings. The number of carbonyl (C=O) groups excluding carboxylic acids is 1. The van der Waals surface area contributed by atoms with Crippen LogP contribution in [0.5, 0.6) is 0 Å². The Morgan fingerprint density at radius 3 is 2.43 bits per heavy atom. The van der Waals surface area contributed by atoms with Crippen molar-refractivity contribution in [1.29, 1.82) is 0 Å². The Bertz CT molecular complexity index is 257. The highest BCUT2D eigenvalue weighted by Crippen LogP contribution is 2.57. The van der Waals surface area contributed by atoms with E-state index in [9.17, 15) is 4.79 Å². The molecule has 0 amide bonds. The number of hydrogen-bond donors (Lipinski definition) is 1. The summed E-state index contributed by atoms with van der Waals surface area (Å²) in [6.07, 6.45) is 2.18. The van der Waals surface area contributed by atoms with Gasteiger partial charge in [-0.2, -0.15) is 0 Å². The molecule has 3 nitrogen and oxygen atoms in total. The molecule has 0 aromatic rings. The van der Waals surface area contributed by atoms with Gasteiger partial charge in [0.15, 0.2) is 0 Å². The zero-order valence-electron chi connectivity index (χ0n) is 9.12. The highest BCUT2D eigenvalue weighted by Gasteiger charge is 2.61. The molecule has 2 rings (SSSR count). The fourth-order valence-electron chi connectivity index (χ4n) is 2.64.